The van der Waals surface area contributed by atoms with Gasteiger partial charge in [0.2, 0.25) is 5.82 Å². The minimum Gasteiger partial charge on any atom is -0.475 e. The van der Waals surface area contributed by atoms with E-state index in [1.165, 1.54) is 5.56 Å². The zero-order chi connectivity index (χ0) is 26.1. The van der Waals surface area contributed by atoms with E-state index >= 15 is 0 Å². The van der Waals surface area contributed by atoms with Gasteiger partial charge in [-0.05, 0) is 59.9 Å². The molecule has 1 fully saturated rings. The number of aliphatic carboxylic acids is 1. The summed E-state index contributed by atoms with van der Waals surface area (Å²) in [4.78, 5) is 31.6. The number of halogens is 3. The van der Waals surface area contributed by atoms with E-state index in [4.69, 9.17) is 20.1 Å². The van der Waals surface area contributed by atoms with Crippen molar-refractivity contribution in [3.05, 3.63) is 83.3 Å². The highest BCUT2D eigenvalue weighted by Gasteiger charge is 2.38. The van der Waals surface area contributed by atoms with Crippen LogP contribution < -0.4 is 5.73 Å². The largest absolute Gasteiger partial charge is 0.490 e. The Morgan fingerprint density at radius 1 is 1.08 bits per heavy atom. The summed E-state index contributed by atoms with van der Waals surface area (Å²) in [5.74, 6) is 4.44. The van der Waals surface area contributed by atoms with Gasteiger partial charge in [-0.1, -0.05) is 24.3 Å². The van der Waals surface area contributed by atoms with Gasteiger partial charge in [-0.3, -0.25) is 4.79 Å². The van der Waals surface area contributed by atoms with Crippen molar-refractivity contribution in [3.8, 4) is 11.8 Å². The van der Waals surface area contributed by atoms with Crippen molar-refractivity contribution < 1.29 is 32.3 Å². The first-order chi connectivity index (χ1) is 17.2. The number of benzene rings is 1. The fourth-order valence-electron chi connectivity index (χ4n) is 3.55. The van der Waals surface area contributed by atoms with E-state index in [1.807, 2.05) is 11.0 Å². The van der Waals surface area contributed by atoms with Crippen molar-refractivity contribution in [2.24, 2.45) is 5.73 Å². The predicted molar refractivity (Wildman–Crippen MR) is 123 cm³/mol. The maximum absolute atomic E-state index is 12.8. The zero-order valence-electron chi connectivity index (χ0n) is 19.0. The summed E-state index contributed by atoms with van der Waals surface area (Å²) in [7, 11) is 0. The van der Waals surface area contributed by atoms with Crippen LogP contribution in [0.4, 0.5) is 13.2 Å². The number of carbonyl (C=O) groups excluding carboxylic acids is 1. The van der Waals surface area contributed by atoms with Crippen LogP contribution in [-0.4, -0.2) is 51.1 Å². The number of hydrogen-bond donors (Lipinski definition) is 2. The SMILES string of the molecule is NCc1cccc(C2CCN(C(=O)c3ccc(C#Cc4ncccn4)o3)CC2)c1.O=C(O)C(F)(F)F. The van der Waals surface area contributed by atoms with Gasteiger partial charge in [-0.2, -0.15) is 13.2 Å². The first kappa shape index (κ1) is 26.4. The highest BCUT2D eigenvalue weighted by molar-refractivity contribution is 5.91. The van der Waals surface area contributed by atoms with Gasteiger partial charge in [0.05, 0.1) is 0 Å². The smallest absolute Gasteiger partial charge is 0.475 e. The summed E-state index contributed by atoms with van der Waals surface area (Å²) in [6, 6.07) is 13.5. The summed E-state index contributed by atoms with van der Waals surface area (Å²) in [6.07, 6.45) is 0.0327. The van der Waals surface area contributed by atoms with Crippen molar-refractivity contribution in [1.29, 1.82) is 0 Å². The van der Waals surface area contributed by atoms with Gasteiger partial charge in [0.1, 0.15) is 0 Å². The average Bonchev–Trinajstić information content (AvgIpc) is 3.37. The Kier molecular flexibility index (Phi) is 8.81. The summed E-state index contributed by atoms with van der Waals surface area (Å²) >= 11 is 0. The molecule has 1 saturated heterocycles. The molecule has 0 radical (unpaired) electrons. The Bertz CT molecular complexity index is 1240. The Hall–Kier alpha value is -4.17. The van der Waals surface area contributed by atoms with E-state index in [1.54, 1.807) is 30.6 Å². The van der Waals surface area contributed by atoms with Gasteiger partial charge in [0.15, 0.2) is 11.5 Å². The van der Waals surface area contributed by atoms with Crippen LogP contribution in [0.25, 0.3) is 0 Å². The predicted octanol–water partition coefficient (Wildman–Crippen LogP) is 3.58. The number of likely N-dealkylation sites (tertiary alicyclic amines) is 1. The summed E-state index contributed by atoms with van der Waals surface area (Å²) in [5.41, 5.74) is 8.20. The third-order valence-corrected chi connectivity index (χ3v) is 5.36. The number of carboxylic acid groups (broad SMARTS) is 1. The van der Waals surface area contributed by atoms with Gasteiger partial charge < -0.3 is 20.2 Å². The molecule has 8 nitrogen and oxygen atoms in total. The lowest BCUT2D eigenvalue weighted by molar-refractivity contribution is -0.192. The van der Waals surface area contributed by atoms with Crippen molar-refractivity contribution >= 4 is 11.9 Å². The normalized spacial score (nSPS) is 13.7. The number of hydrogen-bond acceptors (Lipinski definition) is 6. The number of nitrogens with zero attached hydrogens (tertiary/aromatic N) is 3. The van der Waals surface area contributed by atoms with Crippen LogP contribution in [0, 0.1) is 11.8 Å². The number of amides is 1. The first-order valence-electron chi connectivity index (χ1n) is 10.9. The molecule has 1 aromatic carbocycles. The molecule has 4 rings (SSSR count). The molecule has 36 heavy (non-hydrogen) atoms. The molecule has 0 bridgehead atoms. The third kappa shape index (κ3) is 7.41. The number of carbonyl (C=O) groups is 2. The molecule has 1 aliphatic heterocycles. The number of aromatic nitrogens is 2. The monoisotopic (exact) mass is 500 g/mol. The number of carboxylic acids is 1. The van der Waals surface area contributed by atoms with E-state index in [9.17, 15) is 18.0 Å². The minimum absolute atomic E-state index is 0.0943. The molecule has 0 spiro atoms. The van der Waals surface area contributed by atoms with E-state index in [-0.39, 0.29) is 5.91 Å². The fraction of sp³-hybridized carbons (Fsp3) is 0.280. The van der Waals surface area contributed by atoms with Crippen LogP contribution >= 0.6 is 0 Å². The summed E-state index contributed by atoms with van der Waals surface area (Å²) < 4.78 is 37.4. The lowest BCUT2D eigenvalue weighted by Gasteiger charge is -2.31. The number of piperidine rings is 1. The molecule has 3 aromatic rings. The first-order valence-corrected chi connectivity index (χ1v) is 10.9. The van der Waals surface area contributed by atoms with Crippen molar-refractivity contribution in [3.63, 3.8) is 0 Å². The lowest BCUT2D eigenvalue weighted by atomic mass is 9.88. The van der Waals surface area contributed by atoms with Gasteiger partial charge >= 0.3 is 12.1 Å². The molecule has 0 atom stereocenters. The molecule has 3 heterocycles. The van der Waals surface area contributed by atoms with Gasteiger partial charge in [-0.25, -0.2) is 14.8 Å². The number of nitrogens with two attached hydrogens (primary N) is 1. The van der Waals surface area contributed by atoms with Crippen LogP contribution in [0.3, 0.4) is 0 Å². The maximum Gasteiger partial charge on any atom is 0.490 e. The molecule has 1 amide bonds. The van der Waals surface area contributed by atoms with Gasteiger partial charge in [0.25, 0.3) is 5.91 Å². The molecule has 0 saturated carbocycles. The number of rotatable bonds is 3. The van der Waals surface area contributed by atoms with Gasteiger partial charge in [-0.15, -0.1) is 0 Å². The topological polar surface area (TPSA) is 123 Å². The highest BCUT2D eigenvalue weighted by atomic mass is 19.4. The molecular weight excluding hydrogens is 477 g/mol. The van der Waals surface area contributed by atoms with E-state index in [2.05, 4.69) is 40.0 Å². The Morgan fingerprint density at radius 3 is 2.36 bits per heavy atom. The molecule has 2 aromatic heterocycles. The molecular formula is C25H23F3N4O4. The second kappa shape index (κ2) is 12.0. The van der Waals surface area contributed by atoms with E-state index in [0.717, 1.165) is 18.4 Å². The van der Waals surface area contributed by atoms with Crippen LogP contribution in [-0.2, 0) is 11.3 Å². The lowest BCUT2D eigenvalue weighted by Crippen LogP contribution is -2.37. The second-order valence-electron chi connectivity index (χ2n) is 7.80. The van der Waals surface area contributed by atoms with Crippen molar-refractivity contribution in [2.45, 2.75) is 31.5 Å². The van der Waals surface area contributed by atoms with Crippen molar-refractivity contribution in [1.82, 2.24) is 14.9 Å². The zero-order valence-corrected chi connectivity index (χ0v) is 19.0. The molecule has 0 aliphatic carbocycles. The fourth-order valence-corrected chi connectivity index (χ4v) is 3.55. The molecule has 1 aliphatic rings. The highest BCUT2D eigenvalue weighted by Crippen LogP contribution is 2.29. The van der Waals surface area contributed by atoms with Crippen LogP contribution in [0.1, 0.15) is 52.0 Å². The quantitative estimate of drug-likeness (QED) is 0.527. The molecule has 0 unspecified atom stereocenters. The molecule has 188 valence electrons. The Morgan fingerprint density at radius 2 is 1.75 bits per heavy atom. The average molecular weight is 500 g/mol. The van der Waals surface area contributed by atoms with Crippen LogP contribution in [0.2, 0.25) is 0 Å². The summed E-state index contributed by atoms with van der Waals surface area (Å²) in [6.45, 7) is 1.96. The third-order valence-electron chi connectivity index (χ3n) is 5.36. The Balaban J connectivity index is 0.000000454. The van der Waals surface area contributed by atoms with Gasteiger partial charge in [0, 0.05) is 32.0 Å². The standard InChI is InChI=1S/C23H22N4O2.C2HF3O2/c24-16-17-3-1-4-19(15-17)18-9-13-27(14-10-18)23(28)21-7-5-20(29-21)6-8-22-25-11-2-12-26-22;3-2(4,5)1(6)7/h1-5,7,11-12,15,18H,9-10,13-14,16,24H2;(H,6,7). The van der Waals surface area contributed by atoms with Crippen LogP contribution in [0.5, 0.6) is 0 Å². The van der Waals surface area contributed by atoms with E-state index in [0.29, 0.717) is 42.9 Å². The summed E-state index contributed by atoms with van der Waals surface area (Å²) in [5, 5.41) is 7.12. The maximum atomic E-state index is 12.8. The Labute approximate surface area is 205 Å². The number of alkyl halides is 3. The van der Waals surface area contributed by atoms with Crippen molar-refractivity contribution in [2.75, 3.05) is 13.1 Å². The van der Waals surface area contributed by atoms with Crippen LogP contribution in [0.15, 0.2) is 59.3 Å². The molecule has 3 N–H and O–H groups in total. The minimum atomic E-state index is -5.08. The van der Waals surface area contributed by atoms with E-state index < -0.39 is 12.1 Å². The number of furan rings is 1. The second-order valence-corrected chi connectivity index (χ2v) is 7.80. The molecule has 11 heteroatoms.